The Morgan fingerprint density at radius 3 is 2.93 bits per heavy atom. The van der Waals surface area contributed by atoms with E-state index in [1.807, 2.05) is 0 Å². The summed E-state index contributed by atoms with van der Waals surface area (Å²) >= 11 is 3.30. The number of halogens is 1. The number of ether oxygens (including phenoxy) is 1. The largest absolute Gasteiger partial charge is 0.461 e. The van der Waals surface area contributed by atoms with Crippen LogP contribution in [0.25, 0.3) is 0 Å². The summed E-state index contributed by atoms with van der Waals surface area (Å²) in [5.74, 6) is -0.321. The summed E-state index contributed by atoms with van der Waals surface area (Å²) in [4.78, 5) is 11.6. The molecule has 0 atom stereocenters. The fourth-order valence-corrected chi connectivity index (χ4v) is 1.70. The smallest absolute Gasteiger partial charge is 0.357 e. The molecule has 0 radical (unpaired) electrons. The van der Waals surface area contributed by atoms with Crippen LogP contribution in [0.1, 0.15) is 37.2 Å². The Kier molecular flexibility index (Phi) is 4.81. The van der Waals surface area contributed by atoms with Gasteiger partial charge in [-0.3, -0.25) is 4.68 Å². The van der Waals surface area contributed by atoms with Crippen LogP contribution in [0, 0.1) is 0 Å². The van der Waals surface area contributed by atoms with E-state index in [9.17, 15) is 4.79 Å². The molecule has 0 spiro atoms. The number of esters is 1. The van der Waals surface area contributed by atoms with Gasteiger partial charge in [0.05, 0.1) is 17.3 Å². The van der Waals surface area contributed by atoms with Crippen molar-refractivity contribution in [2.45, 2.75) is 33.2 Å². The number of carbonyl (C=O) groups excluding carboxylic acids is 1. The number of aromatic nitrogens is 2. The Morgan fingerprint density at radius 1 is 1.60 bits per heavy atom. The van der Waals surface area contributed by atoms with Gasteiger partial charge in [-0.25, -0.2) is 4.79 Å². The van der Waals surface area contributed by atoms with Crippen LogP contribution in [0.4, 0.5) is 0 Å². The fourth-order valence-electron chi connectivity index (χ4n) is 1.24. The summed E-state index contributed by atoms with van der Waals surface area (Å²) in [5, 5.41) is 4.13. The molecule has 84 valence electrons. The highest BCUT2D eigenvalue weighted by molar-refractivity contribution is 9.10. The highest BCUT2D eigenvalue weighted by atomic mass is 79.9. The van der Waals surface area contributed by atoms with Gasteiger partial charge in [0.1, 0.15) is 0 Å². The van der Waals surface area contributed by atoms with Crippen molar-refractivity contribution in [3.63, 3.8) is 0 Å². The van der Waals surface area contributed by atoms with Crippen molar-refractivity contribution >= 4 is 21.9 Å². The molecule has 0 aliphatic rings. The predicted molar refractivity (Wildman–Crippen MR) is 60.8 cm³/mol. The van der Waals surface area contributed by atoms with E-state index < -0.39 is 0 Å². The summed E-state index contributed by atoms with van der Waals surface area (Å²) in [6, 6.07) is 0. The quantitative estimate of drug-likeness (QED) is 0.776. The highest BCUT2D eigenvalue weighted by Gasteiger charge is 2.17. The molecule has 0 saturated carbocycles. The third kappa shape index (κ3) is 3.06. The van der Waals surface area contributed by atoms with E-state index in [4.69, 9.17) is 4.74 Å². The van der Waals surface area contributed by atoms with Gasteiger partial charge < -0.3 is 4.74 Å². The van der Waals surface area contributed by atoms with Gasteiger partial charge in [0, 0.05) is 6.54 Å². The van der Waals surface area contributed by atoms with Gasteiger partial charge in [-0.2, -0.15) is 5.10 Å². The zero-order valence-corrected chi connectivity index (χ0v) is 10.6. The number of unbranched alkanes of at least 4 members (excludes halogenated alkanes) is 1. The first kappa shape index (κ1) is 12.2. The van der Waals surface area contributed by atoms with Crippen LogP contribution in [0.15, 0.2) is 10.7 Å². The van der Waals surface area contributed by atoms with Gasteiger partial charge in [0.15, 0.2) is 5.69 Å². The van der Waals surface area contributed by atoms with E-state index in [2.05, 4.69) is 28.0 Å². The summed E-state index contributed by atoms with van der Waals surface area (Å²) in [7, 11) is 0. The van der Waals surface area contributed by atoms with E-state index in [1.165, 1.54) is 0 Å². The molecule has 0 saturated heterocycles. The van der Waals surface area contributed by atoms with Crippen LogP contribution < -0.4 is 0 Å². The molecule has 0 fully saturated rings. The third-order valence-corrected chi connectivity index (χ3v) is 2.57. The van der Waals surface area contributed by atoms with Crippen LogP contribution in [0.3, 0.4) is 0 Å². The lowest BCUT2D eigenvalue weighted by atomic mass is 10.3. The molecule has 0 N–H and O–H groups in total. The summed E-state index contributed by atoms with van der Waals surface area (Å²) in [6.45, 7) is 5.02. The van der Waals surface area contributed by atoms with Gasteiger partial charge in [-0.15, -0.1) is 0 Å². The summed E-state index contributed by atoms with van der Waals surface area (Å²) < 4.78 is 7.34. The normalized spacial score (nSPS) is 10.3. The van der Waals surface area contributed by atoms with Crippen molar-refractivity contribution in [2.24, 2.45) is 0 Å². The van der Waals surface area contributed by atoms with Gasteiger partial charge in [-0.1, -0.05) is 13.3 Å². The van der Waals surface area contributed by atoms with E-state index in [0.717, 1.165) is 19.4 Å². The first-order valence-corrected chi connectivity index (χ1v) is 5.88. The van der Waals surface area contributed by atoms with Crippen LogP contribution >= 0.6 is 15.9 Å². The lowest BCUT2D eigenvalue weighted by Crippen LogP contribution is -2.14. The molecule has 4 nitrogen and oxygen atoms in total. The van der Waals surface area contributed by atoms with Crippen molar-refractivity contribution in [3.05, 3.63) is 16.4 Å². The van der Waals surface area contributed by atoms with Crippen molar-refractivity contribution in [2.75, 3.05) is 6.61 Å². The molecule has 0 aromatic carbocycles. The Hall–Kier alpha value is -0.840. The third-order valence-electron chi connectivity index (χ3n) is 1.99. The summed E-state index contributed by atoms with van der Waals surface area (Å²) in [5.41, 5.74) is 0.505. The average molecular weight is 275 g/mol. The van der Waals surface area contributed by atoms with Crippen LogP contribution in [0.5, 0.6) is 0 Å². The molecule has 0 bridgehead atoms. The minimum absolute atomic E-state index is 0.321. The maximum absolute atomic E-state index is 11.6. The van der Waals surface area contributed by atoms with Gasteiger partial charge in [0.2, 0.25) is 0 Å². The van der Waals surface area contributed by atoms with E-state index in [-0.39, 0.29) is 5.97 Å². The van der Waals surface area contributed by atoms with Crippen molar-refractivity contribution in [1.82, 2.24) is 9.78 Å². The molecule has 1 heterocycles. The minimum Gasteiger partial charge on any atom is -0.461 e. The molecular formula is C10H15BrN2O2. The zero-order chi connectivity index (χ0) is 11.3. The van der Waals surface area contributed by atoms with Gasteiger partial charge in [0.25, 0.3) is 0 Å². The molecule has 5 heteroatoms. The van der Waals surface area contributed by atoms with E-state index >= 15 is 0 Å². The molecule has 1 aromatic heterocycles. The molecular weight excluding hydrogens is 260 g/mol. The molecule has 0 aliphatic heterocycles. The van der Waals surface area contributed by atoms with Crippen molar-refractivity contribution in [1.29, 1.82) is 0 Å². The molecule has 0 amide bonds. The molecule has 0 aliphatic carbocycles. The van der Waals surface area contributed by atoms with Crippen molar-refractivity contribution < 1.29 is 9.53 Å². The van der Waals surface area contributed by atoms with Gasteiger partial charge >= 0.3 is 5.97 Å². The SMILES string of the molecule is CCCCn1ncc(Br)c1C(=O)OCC. The van der Waals surface area contributed by atoms with Gasteiger partial charge in [-0.05, 0) is 29.3 Å². The Balaban J connectivity index is 2.83. The van der Waals surface area contributed by atoms with Crippen LogP contribution in [0.2, 0.25) is 0 Å². The number of nitrogens with zero attached hydrogens (tertiary/aromatic N) is 2. The second-order valence-electron chi connectivity index (χ2n) is 3.14. The van der Waals surface area contributed by atoms with Crippen molar-refractivity contribution in [3.8, 4) is 0 Å². The first-order valence-electron chi connectivity index (χ1n) is 5.09. The first-order chi connectivity index (χ1) is 7.20. The standard InChI is InChI=1S/C10H15BrN2O2/c1-3-5-6-13-9(8(11)7-12-13)10(14)15-4-2/h7H,3-6H2,1-2H3. The molecule has 1 aromatic rings. The molecule has 0 unspecified atom stereocenters. The Bertz CT molecular complexity index is 336. The highest BCUT2D eigenvalue weighted by Crippen LogP contribution is 2.17. The lowest BCUT2D eigenvalue weighted by Gasteiger charge is -2.06. The number of carbonyl (C=O) groups is 1. The Morgan fingerprint density at radius 2 is 2.33 bits per heavy atom. The second-order valence-corrected chi connectivity index (χ2v) is 3.99. The minimum atomic E-state index is -0.321. The zero-order valence-electron chi connectivity index (χ0n) is 8.99. The van der Waals surface area contributed by atoms with E-state index in [0.29, 0.717) is 16.8 Å². The number of aryl methyl sites for hydroxylation is 1. The lowest BCUT2D eigenvalue weighted by molar-refractivity contribution is 0.0510. The number of hydrogen-bond donors (Lipinski definition) is 0. The maximum atomic E-state index is 11.6. The average Bonchev–Trinajstić information content (AvgIpc) is 2.57. The number of hydrogen-bond acceptors (Lipinski definition) is 3. The maximum Gasteiger partial charge on any atom is 0.357 e. The Labute approximate surface area is 97.7 Å². The monoisotopic (exact) mass is 274 g/mol. The molecule has 1 rings (SSSR count). The predicted octanol–water partition coefficient (Wildman–Crippen LogP) is 2.62. The fraction of sp³-hybridized carbons (Fsp3) is 0.600. The number of rotatable bonds is 5. The van der Waals surface area contributed by atoms with Crippen LogP contribution in [-0.4, -0.2) is 22.4 Å². The topological polar surface area (TPSA) is 44.1 Å². The molecule has 15 heavy (non-hydrogen) atoms. The van der Waals surface area contributed by atoms with E-state index in [1.54, 1.807) is 17.8 Å². The summed E-state index contributed by atoms with van der Waals surface area (Å²) in [6.07, 6.45) is 3.70. The van der Waals surface area contributed by atoms with Crippen LogP contribution in [-0.2, 0) is 11.3 Å². The second kappa shape index (κ2) is 5.90.